The van der Waals surface area contributed by atoms with Gasteiger partial charge in [0.05, 0.1) is 19.3 Å². The van der Waals surface area contributed by atoms with Crippen LogP contribution in [0.1, 0.15) is 44.2 Å². The highest BCUT2D eigenvalue weighted by molar-refractivity contribution is 6.12. The third-order valence-electron chi connectivity index (χ3n) is 6.86. The SMILES string of the molecule is CC([Si])C(C)(C)OC(=O)N1CCC(c2ccc(F)cc2)C(OCc2ccc3ccc(O)cc3c2)C1. The maximum atomic E-state index is 13.5. The van der Waals surface area contributed by atoms with Crippen molar-refractivity contribution in [3.05, 3.63) is 77.6 Å². The van der Waals surface area contributed by atoms with Gasteiger partial charge in [0.15, 0.2) is 0 Å². The van der Waals surface area contributed by atoms with Crippen LogP contribution in [0, 0.1) is 5.82 Å². The van der Waals surface area contributed by atoms with E-state index in [-0.39, 0.29) is 35.2 Å². The minimum Gasteiger partial charge on any atom is -0.508 e. The molecule has 5 nitrogen and oxygen atoms in total. The molecule has 0 aromatic heterocycles. The van der Waals surface area contributed by atoms with Crippen LogP contribution < -0.4 is 0 Å². The highest BCUT2D eigenvalue weighted by Gasteiger charge is 2.36. The fourth-order valence-corrected chi connectivity index (χ4v) is 4.36. The molecule has 0 bridgehead atoms. The number of phenolic OH excluding ortho intramolecular Hbond substituents is 1. The van der Waals surface area contributed by atoms with E-state index in [0.29, 0.717) is 26.1 Å². The Kier molecular flexibility index (Phi) is 7.47. The maximum absolute atomic E-state index is 13.5. The van der Waals surface area contributed by atoms with Crippen molar-refractivity contribution in [2.24, 2.45) is 0 Å². The van der Waals surface area contributed by atoms with Gasteiger partial charge in [0.1, 0.15) is 17.2 Å². The van der Waals surface area contributed by atoms with Gasteiger partial charge in [-0.15, -0.1) is 0 Å². The van der Waals surface area contributed by atoms with E-state index in [1.807, 2.05) is 45.0 Å². The number of piperidine rings is 1. The van der Waals surface area contributed by atoms with Crippen LogP contribution in [0.25, 0.3) is 10.8 Å². The molecule has 1 N–H and O–H groups in total. The number of carbonyl (C=O) groups excluding carboxylic acids is 1. The summed E-state index contributed by atoms with van der Waals surface area (Å²) in [5, 5.41) is 11.8. The number of ether oxygens (including phenoxy) is 2. The predicted molar refractivity (Wildman–Crippen MR) is 135 cm³/mol. The van der Waals surface area contributed by atoms with Gasteiger partial charge in [-0.05, 0) is 78.0 Å². The third kappa shape index (κ3) is 6.03. The molecule has 1 aliphatic rings. The number of fused-ring (bicyclic) bond motifs is 1. The number of aromatic hydroxyl groups is 1. The van der Waals surface area contributed by atoms with Crippen LogP contribution in [0.2, 0.25) is 5.54 Å². The van der Waals surface area contributed by atoms with Crippen molar-refractivity contribution in [1.82, 2.24) is 4.90 Å². The first-order valence-corrected chi connectivity index (χ1v) is 12.5. The number of carbonyl (C=O) groups is 1. The lowest BCUT2D eigenvalue weighted by atomic mass is 9.87. The average molecular weight is 493 g/mol. The second-order valence-electron chi connectivity index (χ2n) is 9.80. The Labute approximate surface area is 209 Å². The van der Waals surface area contributed by atoms with Crippen LogP contribution in [0.3, 0.4) is 0 Å². The van der Waals surface area contributed by atoms with E-state index >= 15 is 0 Å². The van der Waals surface area contributed by atoms with E-state index < -0.39 is 5.60 Å². The van der Waals surface area contributed by atoms with Gasteiger partial charge in [0, 0.05) is 22.7 Å². The number of amides is 1. The second-order valence-corrected chi connectivity index (χ2v) is 10.7. The van der Waals surface area contributed by atoms with Crippen molar-refractivity contribution in [2.45, 2.75) is 57.0 Å². The summed E-state index contributed by atoms with van der Waals surface area (Å²) in [5.41, 5.74) is 1.29. The minimum absolute atomic E-state index is 0.0115. The van der Waals surface area contributed by atoms with E-state index in [1.165, 1.54) is 12.1 Å². The van der Waals surface area contributed by atoms with Gasteiger partial charge in [-0.2, -0.15) is 0 Å². The van der Waals surface area contributed by atoms with Gasteiger partial charge < -0.3 is 19.5 Å². The monoisotopic (exact) mass is 492 g/mol. The minimum atomic E-state index is -0.658. The fraction of sp³-hybridized carbons (Fsp3) is 0.393. The largest absolute Gasteiger partial charge is 0.508 e. The first kappa shape index (κ1) is 25.2. The summed E-state index contributed by atoms with van der Waals surface area (Å²) in [4.78, 5) is 14.7. The Morgan fingerprint density at radius 3 is 2.57 bits per heavy atom. The number of phenols is 1. The first-order chi connectivity index (χ1) is 16.6. The number of nitrogens with zero attached hydrogens (tertiary/aromatic N) is 1. The summed E-state index contributed by atoms with van der Waals surface area (Å²) in [6, 6.07) is 17.8. The first-order valence-electron chi connectivity index (χ1n) is 11.9. The van der Waals surface area contributed by atoms with Crippen molar-refractivity contribution in [2.75, 3.05) is 13.1 Å². The summed E-state index contributed by atoms with van der Waals surface area (Å²) >= 11 is 0. The topological polar surface area (TPSA) is 59.0 Å². The van der Waals surface area contributed by atoms with E-state index in [2.05, 4.69) is 10.2 Å². The van der Waals surface area contributed by atoms with Gasteiger partial charge in [-0.1, -0.05) is 37.3 Å². The van der Waals surface area contributed by atoms with Gasteiger partial charge in [0.25, 0.3) is 0 Å². The molecule has 3 aromatic rings. The molecular formula is C28H31FNO4Si. The van der Waals surface area contributed by atoms with Crippen molar-refractivity contribution >= 4 is 27.1 Å². The van der Waals surface area contributed by atoms with E-state index in [0.717, 1.165) is 21.9 Å². The Morgan fingerprint density at radius 1 is 1.14 bits per heavy atom. The highest BCUT2D eigenvalue weighted by atomic mass is 28.1. The molecule has 1 aliphatic heterocycles. The van der Waals surface area contributed by atoms with E-state index in [1.54, 1.807) is 29.2 Å². The molecular weight excluding hydrogens is 461 g/mol. The normalized spacial score (nSPS) is 19.5. The predicted octanol–water partition coefficient (Wildman–Crippen LogP) is 5.95. The number of likely N-dealkylation sites (tertiary alicyclic amines) is 1. The van der Waals surface area contributed by atoms with Crippen molar-refractivity contribution in [1.29, 1.82) is 0 Å². The molecule has 4 rings (SSSR count). The molecule has 1 amide bonds. The van der Waals surface area contributed by atoms with Crippen LogP contribution in [-0.2, 0) is 16.1 Å². The Morgan fingerprint density at radius 2 is 1.86 bits per heavy atom. The molecule has 3 radical (unpaired) electrons. The van der Waals surface area contributed by atoms with Gasteiger partial charge in [-0.3, -0.25) is 0 Å². The number of rotatable bonds is 6. The molecule has 35 heavy (non-hydrogen) atoms. The zero-order valence-corrected chi connectivity index (χ0v) is 21.3. The van der Waals surface area contributed by atoms with Crippen molar-refractivity contribution in [3.8, 4) is 5.75 Å². The molecule has 3 atom stereocenters. The summed E-state index contributed by atoms with van der Waals surface area (Å²) < 4.78 is 25.7. The van der Waals surface area contributed by atoms with Crippen LogP contribution in [-0.4, -0.2) is 51.1 Å². The standard InChI is InChI=1S/C28H31FNO4Si/c1-18(35)28(2,3)34-27(32)30-13-12-25(21-6-9-23(29)10-7-21)26(16-30)33-17-19-4-5-20-8-11-24(31)15-22(20)14-19/h4-11,14-15,18,25-26,31H,12-13,16-17H2,1-3H3. The molecule has 0 spiro atoms. The number of hydrogen-bond donors (Lipinski definition) is 1. The lowest BCUT2D eigenvalue weighted by Crippen LogP contribution is -2.49. The molecule has 0 aliphatic carbocycles. The second kappa shape index (κ2) is 10.4. The van der Waals surface area contributed by atoms with Gasteiger partial charge in [0.2, 0.25) is 0 Å². The zero-order chi connectivity index (χ0) is 25.2. The average Bonchev–Trinajstić information content (AvgIpc) is 2.82. The molecule has 183 valence electrons. The van der Waals surface area contributed by atoms with E-state index in [9.17, 15) is 14.3 Å². The van der Waals surface area contributed by atoms with E-state index in [4.69, 9.17) is 9.47 Å². The van der Waals surface area contributed by atoms with Crippen LogP contribution >= 0.6 is 0 Å². The van der Waals surface area contributed by atoms with Crippen molar-refractivity contribution in [3.63, 3.8) is 0 Å². The summed E-state index contributed by atoms with van der Waals surface area (Å²) in [6.45, 7) is 6.95. The molecule has 1 saturated heterocycles. The fourth-order valence-electron chi connectivity index (χ4n) is 4.30. The quantitative estimate of drug-likeness (QED) is 0.432. The summed E-state index contributed by atoms with van der Waals surface area (Å²) in [7, 11) is 3.57. The Balaban J connectivity index is 1.52. The van der Waals surface area contributed by atoms with Crippen molar-refractivity contribution < 1.29 is 23.8 Å². The van der Waals surface area contributed by atoms with Gasteiger partial charge >= 0.3 is 6.09 Å². The number of benzene rings is 3. The highest BCUT2D eigenvalue weighted by Crippen LogP contribution is 2.33. The lowest BCUT2D eigenvalue weighted by Gasteiger charge is -2.40. The maximum Gasteiger partial charge on any atom is 0.410 e. The molecule has 7 heteroatoms. The molecule has 1 heterocycles. The Hall–Kier alpha value is -2.90. The van der Waals surface area contributed by atoms with Crippen LogP contribution in [0.4, 0.5) is 9.18 Å². The Bertz CT molecular complexity index is 1180. The third-order valence-corrected chi connectivity index (χ3v) is 7.56. The molecule has 3 aromatic carbocycles. The van der Waals surface area contributed by atoms with Crippen LogP contribution in [0.15, 0.2) is 60.7 Å². The molecule has 0 saturated carbocycles. The zero-order valence-electron chi connectivity index (χ0n) is 20.3. The number of halogens is 1. The number of hydrogen-bond acceptors (Lipinski definition) is 4. The summed E-state index contributed by atoms with van der Waals surface area (Å²) in [6.07, 6.45) is 0.0269. The molecule has 1 fully saturated rings. The smallest absolute Gasteiger partial charge is 0.410 e. The van der Waals surface area contributed by atoms with Crippen LogP contribution in [0.5, 0.6) is 5.75 Å². The molecule has 3 unspecified atom stereocenters. The van der Waals surface area contributed by atoms with Gasteiger partial charge in [-0.25, -0.2) is 9.18 Å². The summed E-state index contributed by atoms with van der Waals surface area (Å²) in [5.74, 6) is -0.0431. The lowest BCUT2D eigenvalue weighted by molar-refractivity contribution is -0.0393.